The van der Waals surface area contributed by atoms with E-state index in [1.165, 1.54) is 0 Å². The van der Waals surface area contributed by atoms with E-state index < -0.39 is 0 Å². The molecule has 0 spiro atoms. The summed E-state index contributed by atoms with van der Waals surface area (Å²) in [6.07, 6.45) is 7.65. The summed E-state index contributed by atoms with van der Waals surface area (Å²) in [4.78, 5) is 0. The second-order valence-corrected chi connectivity index (χ2v) is 3.21. The number of aliphatic hydroxyl groups excluding tert-OH is 1. The minimum atomic E-state index is -0.228. The number of allylic oxidation sites excluding steroid dienone is 1. The molecule has 1 heteroatoms. The average molecular weight is 164 g/mol. The van der Waals surface area contributed by atoms with E-state index in [-0.39, 0.29) is 6.10 Å². The van der Waals surface area contributed by atoms with Crippen LogP contribution in [0.25, 0.3) is 0 Å². The van der Waals surface area contributed by atoms with E-state index in [1.807, 2.05) is 12.2 Å². The quantitative estimate of drug-likeness (QED) is 0.465. The Hall–Kier alpha value is -0.740. The molecule has 1 N–H and O–H groups in total. The zero-order valence-corrected chi connectivity index (χ0v) is 7.59. The first kappa shape index (κ1) is 9.35. The van der Waals surface area contributed by atoms with Crippen LogP contribution in [0.5, 0.6) is 0 Å². The van der Waals surface area contributed by atoms with Gasteiger partial charge in [-0.1, -0.05) is 25.0 Å². The highest BCUT2D eigenvalue weighted by molar-refractivity contribution is 5.14. The Kier molecular flexibility index (Phi) is 3.90. The van der Waals surface area contributed by atoms with E-state index in [0.29, 0.717) is 5.92 Å². The summed E-state index contributed by atoms with van der Waals surface area (Å²) in [5.41, 5.74) is 0. The Balaban J connectivity index is 2.36. The van der Waals surface area contributed by atoms with E-state index in [0.717, 1.165) is 25.7 Å². The monoisotopic (exact) mass is 164 g/mol. The summed E-state index contributed by atoms with van der Waals surface area (Å²) in [6, 6.07) is 0. The maximum Gasteiger partial charge on any atom is 0.0721 e. The van der Waals surface area contributed by atoms with Crippen molar-refractivity contribution in [2.75, 3.05) is 0 Å². The molecule has 0 aliphatic heterocycles. The summed E-state index contributed by atoms with van der Waals surface area (Å²) >= 11 is 0. The molecule has 12 heavy (non-hydrogen) atoms. The van der Waals surface area contributed by atoms with E-state index in [2.05, 4.69) is 18.8 Å². The molecule has 0 heterocycles. The van der Waals surface area contributed by atoms with E-state index >= 15 is 0 Å². The highest BCUT2D eigenvalue weighted by Crippen LogP contribution is 2.16. The van der Waals surface area contributed by atoms with Gasteiger partial charge in [0.2, 0.25) is 0 Å². The largest absolute Gasteiger partial charge is 0.389 e. The SMILES string of the molecule is CCCC#CC1C=CC(O)CC1. The molecule has 0 amide bonds. The van der Waals surface area contributed by atoms with Gasteiger partial charge in [-0.15, -0.1) is 5.92 Å². The third kappa shape index (κ3) is 3.11. The van der Waals surface area contributed by atoms with Crippen molar-refractivity contribution in [2.45, 2.75) is 38.7 Å². The number of aliphatic hydroxyl groups is 1. The molecule has 1 nitrogen and oxygen atoms in total. The molecule has 0 fully saturated rings. The van der Waals surface area contributed by atoms with Gasteiger partial charge in [0.15, 0.2) is 0 Å². The fourth-order valence-electron chi connectivity index (χ4n) is 1.25. The van der Waals surface area contributed by atoms with Crippen LogP contribution in [0.4, 0.5) is 0 Å². The van der Waals surface area contributed by atoms with Gasteiger partial charge in [0.05, 0.1) is 6.10 Å². The van der Waals surface area contributed by atoms with Gasteiger partial charge >= 0.3 is 0 Å². The number of unbranched alkanes of at least 4 members (excludes halogenated alkanes) is 1. The molecule has 2 atom stereocenters. The van der Waals surface area contributed by atoms with Crippen LogP contribution in [-0.4, -0.2) is 11.2 Å². The molecule has 2 unspecified atom stereocenters. The molecule has 66 valence electrons. The van der Waals surface area contributed by atoms with Crippen LogP contribution in [0.2, 0.25) is 0 Å². The summed E-state index contributed by atoms with van der Waals surface area (Å²) < 4.78 is 0. The molecule has 0 aromatic heterocycles. The van der Waals surface area contributed by atoms with Crippen molar-refractivity contribution in [3.05, 3.63) is 12.2 Å². The standard InChI is InChI=1S/C11H16O/c1-2-3-4-5-10-6-8-11(12)9-7-10/h6,8,10-12H,2-3,7,9H2,1H3. The Morgan fingerprint density at radius 2 is 2.25 bits per heavy atom. The summed E-state index contributed by atoms with van der Waals surface area (Å²) in [5.74, 6) is 6.72. The zero-order valence-electron chi connectivity index (χ0n) is 7.59. The van der Waals surface area contributed by atoms with Crippen molar-refractivity contribution in [3.63, 3.8) is 0 Å². The van der Waals surface area contributed by atoms with Crippen molar-refractivity contribution >= 4 is 0 Å². The van der Waals surface area contributed by atoms with E-state index in [4.69, 9.17) is 5.11 Å². The first-order valence-electron chi connectivity index (χ1n) is 4.67. The minimum Gasteiger partial charge on any atom is -0.389 e. The average Bonchev–Trinajstić information content (AvgIpc) is 2.09. The first-order chi connectivity index (χ1) is 5.83. The fraction of sp³-hybridized carbons (Fsp3) is 0.636. The molecule has 0 saturated heterocycles. The second kappa shape index (κ2) is 5.00. The third-order valence-electron chi connectivity index (χ3n) is 2.00. The number of hydrogen-bond donors (Lipinski definition) is 1. The number of rotatable bonds is 1. The lowest BCUT2D eigenvalue weighted by atomic mass is 9.95. The highest BCUT2D eigenvalue weighted by Gasteiger charge is 2.10. The predicted molar refractivity (Wildman–Crippen MR) is 50.6 cm³/mol. The van der Waals surface area contributed by atoms with E-state index in [9.17, 15) is 0 Å². The van der Waals surface area contributed by atoms with Crippen LogP contribution in [0.1, 0.15) is 32.6 Å². The molecule has 0 aromatic carbocycles. The Morgan fingerprint density at radius 3 is 2.83 bits per heavy atom. The summed E-state index contributed by atoms with van der Waals surface area (Å²) in [6.45, 7) is 2.13. The Labute approximate surface area is 74.5 Å². The fourth-order valence-corrected chi connectivity index (χ4v) is 1.25. The number of hydrogen-bond acceptors (Lipinski definition) is 1. The van der Waals surface area contributed by atoms with Gasteiger partial charge in [-0.25, -0.2) is 0 Å². The van der Waals surface area contributed by atoms with Crippen LogP contribution in [0.3, 0.4) is 0 Å². The molecule has 0 aromatic rings. The maximum atomic E-state index is 9.16. The Bertz CT molecular complexity index is 207. The van der Waals surface area contributed by atoms with Crippen LogP contribution in [-0.2, 0) is 0 Å². The van der Waals surface area contributed by atoms with Crippen molar-refractivity contribution in [1.29, 1.82) is 0 Å². The lowest BCUT2D eigenvalue weighted by Crippen LogP contribution is -2.10. The predicted octanol–water partition coefficient (Wildman–Crippen LogP) is 2.12. The van der Waals surface area contributed by atoms with Gasteiger partial charge in [0.25, 0.3) is 0 Å². The van der Waals surface area contributed by atoms with Crippen molar-refractivity contribution in [3.8, 4) is 11.8 Å². The zero-order chi connectivity index (χ0) is 8.81. The molecule has 1 aliphatic rings. The lowest BCUT2D eigenvalue weighted by molar-refractivity contribution is 0.200. The maximum absolute atomic E-state index is 9.16. The van der Waals surface area contributed by atoms with Crippen LogP contribution in [0.15, 0.2) is 12.2 Å². The van der Waals surface area contributed by atoms with E-state index in [1.54, 1.807) is 0 Å². The van der Waals surface area contributed by atoms with Gasteiger partial charge in [0, 0.05) is 12.3 Å². The van der Waals surface area contributed by atoms with Gasteiger partial charge in [0.1, 0.15) is 0 Å². The molecule has 0 radical (unpaired) electrons. The normalized spacial score (nSPS) is 27.8. The van der Waals surface area contributed by atoms with Gasteiger partial charge in [-0.05, 0) is 19.3 Å². The van der Waals surface area contributed by atoms with Crippen LogP contribution in [0, 0.1) is 17.8 Å². The minimum absolute atomic E-state index is 0.228. The molecular weight excluding hydrogens is 148 g/mol. The lowest BCUT2D eigenvalue weighted by Gasteiger charge is -2.14. The van der Waals surface area contributed by atoms with Gasteiger partial charge in [-0.3, -0.25) is 0 Å². The van der Waals surface area contributed by atoms with Crippen molar-refractivity contribution < 1.29 is 5.11 Å². The molecule has 1 rings (SSSR count). The third-order valence-corrected chi connectivity index (χ3v) is 2.00. The highest BCUT2D eigenvalue weighted by atomic mass is 16.3. The second-order valence-electron chi connectivity index (χ2n) is 3.21. The van der Waals surface area contributed by atoms with Crippen LogP contribution >= 0.6 is 0 Å². The van der Waals surface area contributed by atoms with Gasteiger partial charge < -0.3 is 5.11 Å². The molecule has 0 saturated carbocycles. The van der Waals surface area contributed by atoms with Crippen molar-refractivity contribution in [2.24, 2.45) is 5.92 Å². The smallest absolute Gasteiger partial charge is 0.0721 e. The summed E-state index contributed by atoms with van der Waals surface area (Å²) in [7, 11) is 0. The van der Waals surface area contributed by atoms with Gasteiger partial charge in [-0.2, -0.15) is 0 Å². The Morgan fingerprint density at radius 1 is 1.42 bits per heavy atom. The summed E-state index contributed by atoms with van der Waals surface area (Å²) in [5, 5.41) is 9.16. The van der Waals surface area contributed by atoms with Crippen molar-refractivity contribution in [1.82, 2.24) is 0 Å². The molecule has 0 bridgehead atoms. The van der Waals surface area contributed by atoms with Crippen LogP contribution < -0.4 is 0 Å². The topological polar surface area (TPSA) is 20.2 Å². The molecule has 1 aliphatic carbocycles. The molecular formula is C11H16O. The first-order valence-corrected chi connectivity index (χ1v) is 4.67.